The summed E-state index contributed by atoms with van der Waals surface area (Å²) in [5, 5.41) is 0. The molecule has 0 aromatic carbocycles. The summed E-state index contributed by atoms with van der Waals surface area (Å²) in [6.07, 6.45) is 3.58. The van der Waals surface area contributed by atoms with Crippen LogP contribution in [0.5, 0.6) is 5.75 Å². The van der Waals surface area contributed by atoms with E-state index in [0.29, 0.717) is 19.1 Å². The fourth-order valence-electron chi connectivity index (χ4n) is 2.63. The first-order chi connectivity index (χ1) is 10.7. The summed E-state index contributed by atoms with van der Waals surface area (Å²) in [5.74, 6) is 0.619. The van der Waals surface area contributed by atoms with Crippen LogP contribution in [-0.2, 0) is 16.1 Å². The first-order valence-corrected chi connectivity index (χ1v) is 7.74. The van der Waals surface area contributed by atoms with Gasteiger partial charge in [0.25, 0.3) is 5.56 Å². The molecule has 1 fully saturated rings. The van der Waals surface area contributed by atoms with E-state index in [4.69, 9.17) is 9.47 Å². The van der Waals surface area contributed by atoms with Crippen molar-refractivity contribution in [3.8, 4) is 5.75 Å². The minimum atomic E-state index is -0.277. The van der Waals surface area contributed by atoms with Crippen molar-refractivity contribution < 1.29 is 14.3 Å². The Bertz CT molecular complexity index is 555. The summed E-state index contributed by atoms with van der Waals surface area (Å²) in [4.78, 5) is 26.2. The van der Waals surface area contributed by atoms with Gasteiger partial charge in [0.15, 0.2) is 5.75 Å². The molecule has 6 heteroatoms. The molecule has 0 saturated carbocycles. The van der Waals surface area contributed by atoms with Gasteiger partial charge in [0.2, 0.25) is 5.91 Å². The molecular weight excluding hydrogens is 284 g/mol. The predicted molar refractivity (Wildman–Crippen MR) is 83.1 cm³/mol. The van der Waals surface area contributed by atoms with Gasteiger partial charge in [-0.2, -0.15) is 0 Å². The molecule has 2 heterocycles. The van der Waals surface area contributed by atoms with Crippen molar-refractivity contribution in [1.29, 1.82) is 0 Å². The van der Waals surface area contributed by atoms with Crippen LogP contribution in [0, 0.1) is 5.92 Å². The average Bonchev–Trinajstić information content (AvgIpc) is 2.98. The third kappa shape index (κ3) is 4.10. The van der Waals surface area contributed by atoms with E-state index in [0.717, 1.165) is 26.0 Å². The van der Waals surface area contributed by atoms with Crippen molar-refractivity contribution in [3.63, 3.8) is 0 Å². The number of nitrogens with zero attached hydrogens (tertiary/aromatic N) is 2. The Labute approximate surface area is 130 Å². The molecule has 0 N–H and O–H groups in total. The van der Waals surface area contributed by atoms with Crippen molar-refractivity contribution in [1.82, 2.24) is 9.47 Å². The van der Waals surface area contributed by atoms with Gasteiger partial charge in [0, 0.05) is 31.8 Å². The summed E-state index contributed by atoms with van der Waals surface area (Å²) in [7, 11) is 1.45. The number of pyridine rings is 1. The molecule has 22 heavy (non-hydrogen) atoms. The zero-order valence-electron chi connectivity index (χ0n) is 13.3. The lowest BCUT2D eigenvalue weighted by molar-refractivity contribution is -0.131. The molecule has 1 saturated heterocycles. The lowest BCUT2D eigenvalue weighted by Crippen LogP contribution is -2.35. The SMILES string of the molecule is CCCOCC1CCN(C(=O)Cn2cccc(OC)c2=O)C1. The van der Waals surface area contributed by atoms with E-state index in [1.807, 2.05) is 4.90 Å². The van der Waals surface area contributed by atoms with Crippen LogP contribution in [0.4, 0.5) is 0 Å². The first-order valence-electron chi connectivity index (χ1n) is 7.74. The number of amides is 1. The maximum Gasteiger partial charge on any atom is 0.293 e. The number of carbonyl (C=O) groups is 1. The van der Waals surface area contributed by atoms with Crippen LogP contribution in [0.3, 0.4) is 0 Å². The van der Waals surface area contributed by atoms with E-state index in [9.17, 15) is 9.59 Å². The van der Waals surface area contributed by atoms with Crippen molar-refractivity contribution in [2.45, 2.75) is 26.3 Å². The summed E-state index contributed by atoms with van der Waals surface area (Å²) in [6.45, 7) is 5.05. The third-order valence-electron chi connectivity index (χ3n) is 3.85. The van der Waals surface area contributed by atoms with Crippen LogP contribution >= 0.6 is 0 Å². The second-order valence-corrected chi connectivity index (χ2v) is 5.58. The maximum absolute atomic E-state index is 12.3. The summed E-state index contributed by atoms with van der Waals surface area (Å²) in [6, 6.07) is 3.30. The molecule has 1 aliphatic heterocycles. The molecule has 1 atom stereocenters. The molecule has 0 radical (unpaired) electrons. The summed E-state index contributed by atoms with van der Waals surface area (Å²) in [5.41, 5.74) is -0.277. The molecule has 0 bridgehead atoms. The third-order valence-corrected chi connectivity index (χ3v) is 3.85. The number of hydrogen-bond donors (Lipinski definition) is 0. The minimum Gasteiger partial charge on any atom is -0.491 e. The van der Waals surface area contributed by atoms with E-state index >= 15 is 0 Å². The standard InChI is InChI=1S/C16H24N2O4/c1-3-9-22-12-13-6-8-17(10-13)15(19)11-18-7-4-5-14(21-2)16(18)20/h4-5,7,13H,3,6,8-12H2,1-2H3. The molecule has 6 nitrogen and oxygen atoms in total. The van der Waals surface area contributed by atoms with Gasteiger partial charge in [-0.15, -0.1) is 0 Å². The molecule has 122 valence electrons. The van der Waals surface area contributed by atoms with Crippen LogP contribution in [0.2, 0.25) is 0 Å². The molecule has 1 amide bonds. The monoisotopic (exact) mass is 308 g/mol. The second kappa shape index (κ2) is 7.98. The van der Waals surface area contributed by atoms with Crippen molar-refractivity contribution in [3.05, 3.63) is 28.7 Å². The fraction of sp³-hybridized carbons (Fsp3) is 0.625. The van der Waals surface area contributed by atoms with Crippen LogP contribution < -0.4 is 10.3 Å². The Morgan fingerprint density at radius 1 is 1.45 bits per heavy atom. The van der Waals surface area contributed by atoms with Gasteiger partial charge in [0.05, 0.1) is 13.7 Å². The normalized spacial score (nSPS) is 17.7. The second-order valence-electron chi connectivity index (χ2n) is 5.58. The number of carbonyl (C=O) groups excluding carboxylic acids is 1. The predicted octanol–water partition coefficient (Wildman–Crippen LogP) is 1.13. The maximum atomic E-state index is 12.3. The minimum absolute atomic E-state index is 0.0339. The smallest absolute Gasteiger partial charge is 0.293 e. The van der Waals surface area contributed by atoms with Gasteiger partial charge >= 0.3 is 0 Å². The topological polar surface area (TPSA) is 60.8 Å². The molecule has 1 aliphatic rings. The zero-order valence-corrected chi connectivity index (χ0v) is 13.3. The van der Waals surface area contributed by atoms with Crippen molar-refractivity contribution in [2.24, 2.45) is 5.92 Å². The van der Waals surface area contributed by atoms with Crippen LogP contribution in [-0.4, -0.2) is 48.8 Å². The van der Waals surface area contributed by atoms with Crippen molar-refractivity contribution in [2.75, 3.05) is 33.4 Å². The Morgan fingerprint density at radius 3 is 3.00 bits per heavy atom. The molecule has 1 unspecified atom stereocenters. The van der Waals surface area contributed by atoms with Crippen LogP contribution in [0.1, 0.15) is 19.8 Å². The number of methoxy groups -OCH3 is 1. The molecule has 1 aromatic heterocycles. The summed E-state index contributed by atoms with van der Waals surface area (Å²) >= 11 is 0. The van der Waals surface area contributed by atoms with E-state index < -0.39 is 0 Å². The quantitative estimate of drug-likeness (QED) is 0.709. The van der Waals surface area contributed by atoms with Gasteiger partial charge in [-0.3, -0.25) is 9.59 Å². The van der Waals surface area contributed by atoms with Gasteiger partial charge < -0.3 is 18.9 Å². The van der Waals surface area contributed by atoms with Crippen LogP contribution in [0.15, 0.2) is 23.1 Å². The van der Waals surface area contributed by atoms with Gasteiger partial charge in [-0.05, 0) is 25.0 Å². The Balaban J connectivity index is 1.90. The molecule has 2 rings (SSSR count). The fourth-order valence-corrected chi connectivity index (χ4v) is 2.63. The highest BCUT2D eigenvalue weighted by Gasteiger charge is 2.26. The zero-order chi connectivity index (χ0) is 15.9. The largest absolute Gasteiger partial charge is 0.491 e. The van der Waals surface area contributed by atoms with Crippen molar-refractivity contribution >= 4 is 5.91 Å². The number of hydrogen-bond acceptors (Lipinski definition) is 4. The highest BCUT2D eigenvalue weighted by atomic mass is 16.5. The van der Waals surface area contributed by atoms with Gasteiger partial charge in [-0.25, -0.2) is 0 Å². The van der Waals surface area contributed by atoms with Crippen LogP contribution in [0.25, 0.3) is 0 Å². The Hall–Kier alpha value is -1.82. The molecular formula is C16H24N2O4. The lowest BCUT2D eigenvalue weighted by atomic mass is 10.1. The highest BCUT2D eigenvalue weighted by molar-refractivity contribution is 5.76. The van der Waals surface area contributed by atoms with E-state index in [-0.39, 0.29) is 23.8 Å². The average molecular weight is 308 g/mol. The first kappa shape index (κ1) is 16.5. The molecule has 1 aromatic rings. The lowest BCUT2D eigenvalue weighted by Gasteiger charge is -2.17. The highest BCUT2D eigenvalue weighted by Crippen LogP contribution is 2.17. The number of likely N-dealkylation sites (tertiary alicyclic amines) is 1. The van der Waals surface area contributed by atoms with E-state index in [1.54, 1.807) is 18.3 Å². The number of rotatable bonds is 7. The Morgan fingerprint density at radius 2 is 2.27 bits per heavy atom. The number of aromatic nitrogens is 1. The van der Waals surface area contributed by atoms with Gasteiger partial charge in [-0.1, -0.05) is 6.92 Å². The van der Waals surface area contributed by atoms with E-state index in [2.05, 4.69) is 6.92 Å². The van der Waals surface area contributed by atoms with Gasteiger partial charge in [0.1, 0.15) is 6.54 Å². The molecule has 0 aliphatic carbocycles. The molecule has 0 spiro atoms. The summed E-state index contributed by atoms with van der Waals surface area (Å²) < 4.78 is 11.9. The Kier molecular flexibility index (Phi) is 6.00. The van der Waals surface area contributed by atoms with E-state index in [1.165, 1.54) is 11.7 Å². The number of ether oxygens (including phenoxy) is 2.